The van der Waals surface area contributed by atoms with Crippen LogP contribution in [0, 0.1) is 0 Å². The molecule has 0 aliphatic rings. The highest BCUT2D eigenvalue weighted by atomic mass is 16.5. The Kier molecular flexibility index (Phi) is 15.3. The van der Waals surface area contributed by atoms with Crippen molar-refractivity contribution in [2.45, 2.75) is 123 Å². The molecule has 0 saturated heterocycles. The third-order valence-corrected chi connectivity index (χ3v) is 7.54. The Hall–Kier alpha value is -2.69. The van der Waals surface area contributed by atoms with Gasteiger partial charge in [-0.15, -0.1) is 0 Å². The highest BCUT2D eigenvalue weighted by molar-refractivity contribution is 5.55. The van der Waals surface area contributed by atoms with Gasteiger partial charge in [-0.25, -0.2) is 19.1 Å². The zero-order chi connectivity index (χ0) is 27.4. The van der Waals surface area contributed by atoms with Gasteiger partial charge >= 0.3 is 0 Å². The summed E-state index contributed by atoms with van der Waals surface area (Å²) < 4.78 is 10.3. The summed E-state index contributed by atoms with van der Waals surface area (Å²) in [5.74, 6) is 1.72. The lowest BCUT2D eigenvalue weighted by atomic mass is 10.0. The number of rotatable bonds is 22. The Labute approximate surface area is 238 Å². The number of aryl methyl sites for hydroxylation is 3. The maximum absolute atomic E-state index is 5.96. The summed E-state index contributed by atoms with van der Waals surface area (Å²) in [5, 5.41) is 0. The normalized spacial score (nSPS) is 11.2. The summed E-state index contributed by atoms with van der Waals surface area (Å²) in [6.45, 7) is 4.18. The number of nitrogens with zero attached hydrogens (tertiary/aromatic N) is 4. The van der Waals surface area contributed by atoms with Crippen LogP contribution in [0.3, 0.4) is 0 Å². The van der Waals surface area contributed by atoms with Gasteiger partial charge in [-0.3, -0.25) is 0 Å². The first-order chi connectivity index (χ1) is 19.2. The van der Waals surface area contributed by atoms with Crippen molar-refractivity contribution in [2.75, 3.05) is 6.61 Å². The third-order valence-electron chi connectivity index (χ3n) is 7.54. The molecule has 2 heterocycles. The maximum Gasteiger partial charge on any atom is 0.243 e. The van der Waals surface area contributed by atoms with Gasteiger partial charge in [-0.1, -0.05) is 84.0 Å². The van der Waals surface area contributed by atoms with Crippen molar-refractivity contribution in [1.82, 2.24) is 14.5 Å². The number of hydrogen-bond acceptors (Lipinski definition) is 3. The molecule has 214 valence electrons. The number of unbranched alkanes of at least 4 members (excludes halogenated alkanes) is 14. The largest absolute Gasteiger partial charge is 0.494 e. The van der Waals surface area contributed by atoms with Crippen LogP contribution in [-0.2, 0) is 20.0 Å². The lowest BCUT2D eigenvalue weighted by Crippen LogP contribution is -2.23. The van der Waals surface area contributed by atoms with E-state index in [0.29, 0.717) is 0 Å². The van der Waals surface area contributed by atoms with Crippen LogP contribution < -0.4 is 9.30 Å². The molecule has 0 N–H and O–H groups in total. The molecule has 0 spiro atoms. The van der Waals surface area contributed by atoms with E-state index < -0.39 is 0 Å². The van der Waals surface area contributed by atoms with E-state index in [2.05, 4.69) is 63.9 Å². The summed E-state index contributed by atoms with van der Waals surface area (Å²) in [7, 11) is 2.07. The molecule has 5 heteroatoms. The highest BCUT2D eigenvalue weighted by Gasteiger charge is 2.04. The molecule has 0 aliphatic heterocycles. The van der Waals surface area contributed by atoms with Crippen molar-refractivity contribution in [2.24, 2.45) is 7.05 Å². The van der Waals surface area contributed by atoms with Gasteiger partial charge in [0, 0.05) is 18.0 Å². The maximum atomic E-state index is 5.96. The van der Waals surface area contributed by atoms with Crippen molar-refractivity contribution in [3.05, 3.63) is 60.9 Å². The van der Waals surface area contributed by atoms with Crippen LogP contribution in [0.4, 0.5) is 0 Å². The minimum Gasteiger partial charge on any atom is -0.494 e. The SMILES string of the molecule is CCCCCCCCCCCCc1cnc(-c2ccc(OCCCCCCCCn3cc[n+](C)c3)cc2)nc1. The van der Waals surface area contributed by atoms with Crippen molar-refractivity contribution in [1.29, 1.82) is 0 Å². The van der Waals surface area contributed by atoms with Gasteiger partial charge in [0.1, 0.15) is 18.1 Å². The first kappa shape index (κ1) is 30.8. The van der Waals surface area contributed by atoms with Gasteiger partial charge in [-0.2, -0.15) is 0 Å². The lowest BCUT2D eigenvalue weighted by Gasteiger charge is -2.07. The summed E-state index contributed by atoms with van der Waals surface area (Å²) in [4.78, 5) is 9.25. The van der Waals surface area contributed by atoms with Crippen molar-refractivity contribution >= 4 is 0 Å². The molecule has 3 aromatic rings. The van der Waals surface area contributed by atoms with E-state index in [1.165, 1.54) is 102 Å². The van der Waals surface area contributed by atoms with Crippen LogP contribution >= 0.6 is 0 Å². The molecule has 0 bridgehead atoms. The highest BCUT2D eigenvalue weighted by Crippen LogP contribution is 2.20. The number of imidazole rings is 1. The molecule has 0 fully saturated rings. The number of benzene rings is 1. The molecule has 3 rings (SSSR count). The molecular formula is C34H53N4O+. The second-order valence-electron chi connectivity index (χ2n) is 11.2. The fourth-order valence-electron chi connectivity index (χ4n) is 5.08. The van der Waals surface area contributed by atoms with Gasteiger partial charge in [0.05, 0.1) is 20.2 Å². The predicted octanol–water partition coefficient (Wildman–Crippen LogP) is 8.65. The zero-order valence-electron chi connectivity index (χ0n) is 24.8. The number of hydrogen-bond donors (Lipinski definition) is 0. The van der Waals surface area contributed by atoms with Crippen LogP contribution in [0.1, 0.15) is 115 Å². The lowest BCUT2D eigenvalue weighted by molar-refractivity contribution is -0.671. The van der Waals surface area contributed by atoms with Gasteiger partial charge in [-0.05, 0) is 61.9 Å². The molecule has 0 atom stereocenters. The third kappa shape index (κ3) is 13.3. The van der Waals surface area contributed by atoms with Crippen LogP contribution in [0.25, 0.3) is 11.4 Å². The first-order valence-electron chi connectivity index (χ1n) is 15.8. The van der Waals surface area contributed by atoms with Crippen molar-refractivity contribution in [3.63, 3.8) is 0 Å². The van der Waals surface area contributed by atoms with Crippen molar-refractivity contribution in [3.8, 4) is 17.1 Å². The van der Waals surface area contributed by atoms with E-state index in [-0.39, 0.29) is 0 Å². The Morgan fingerprint density at radius 2 is 1.31 bits per heavy atom. The summed E-state index contributed by atoms with van der Waals surface area (Å²) >= 11 is 0. The van der Waals surface area contributed by atoms with Gasteiger partial charge < -0.3 is 4.74 Å². The zero-order valence-corrected chi connectivity index (χ0v) is 24.8. The number of aromatic nitrogens is 4. The molecule has 0 unspecified atom stereocenters. The van der Waals surface area contributed by atoms with E-state index in [9.17, 15) is 0 Å². The Balaban J connectivity index is 1.20. The molecule has 0 aliphatic carbocycles. The molecule has 0 radical (unpaired) electrons. The van der Waals surface area contributed by atoms with E-state index in [0.717, 1.165) is 43.1 Å². The minimum absolute atomic E-state index is 0.781. The average molecular weight is 534 g/mol. The quantitative estimate of drug-likeness (QED) is 0.0958. The molecule has 2 aromatic heterocycles. The fraction of sp³-hybridized carbons (Fsp3) is 0.618. The van der Waals surface area contributed by atoms with E-state index in [1.807, 2.05) is 24.5 Å². The first-order valence-corrected chi connectivity index (χ1v) is 15.8. The molecule has 0 saturated carbocycles. The molecule has 1 aromatic carbocycles. The van der Waals surface area contributed by atoms with Crippen LogP contribution in [0.15, 0.2) is 55.4 Å². The van der Waals surface area contributed by atoms with Crippen LogP contribution in [-0.4, -0.2) is 21.1 Å². The molecule has 0 amide bonds. The predicted molar refractivity (Wildman–Crippen MR) is 162 cm³/mol. The van der Waals surface area contributed by atoms with E-state index in [1.54, 1.807) is 0 Å². The smallest absolute Gasteiger partial charge is 0.243 e. The molecule has 5 nitrogen and oxygen atoms in total. The second-order valence-corrected chi connectivity index (χ2v) is 11.2. The second kappa shape index (κ2) is 19.4. The Morgan fingerprint density at radius 3 is 1.92 bits per heavy atom. The monoisotopic (exact) mass is 533 g/mol. The van der Waals surface area contributed by atoms with E-state index in [4.69, 9.17) is 4.74 Å². The van der Waals surface area contributed by atoms with Crippen molar-refractivity contribution < 1.29 is 9.30 Å². The topological polar surface area (TPSA) is 43.8 Å². The molecule has 39 heavy (non-hydrogen) atoms. The Morgan fingerprint density at radius 1 is 0.718 bits per heavy atom. The summed E-state index contributed by atoms with van der Waals surface area (Å²) in [6, 6.07) is 8.21. The van der Waals surface area contributed by atoms with Gasteiger partial charge in [0.15, 0.2) is 5.82 Å². The number of ether oxygens (including phenoxy) is 1. The van der Waals surface area contributed by atoms with Gasteiger partial charge in [0.25, 0.3) is 0 Å². The van der Waals surface area contributed by atoms with Gasteiger partial charge in [0.2, 0.25) is 6.33 Å². The average Bonchev–Trinajstić information content (AvgIpc) is 3.38. The Bertz CT molecular complexity index is 997. The standard InChI is InChI=1S/C34H53N4O/c1-3-4-5-6-7-8-9-10-13-16-19-31-28-35-34(36-29-31)32-20-22-33(23-21-32)39-27-18-15-12-11-14-17-24-38-26-25-37(2)30-38/h20-23,25-26,28-30H,3-19,24,27H2,1-2H3/q+1. The summed E-state index contributed by atoms with van der Waals surface area (Å²) in [5.41, 5.74) is 2.29. The minimum atomic E-state index is 0.781. The summed E-state index contributed by atoms with van der Waals surface area (Å²) in [6.07, 6.45) is 32.6. The van der Waals surface area contributed by atoms with Crippen LogP contribution in [0.5, 0.6) is 5.75 Å². The molecular weight excluding hydrogens is 480 g/mol. The fourth-order valence-corrected chi connectivity index (χ4v) is 5.08. The van der Waals surface area contributed by atoms with Crippen LogP contribution in [0.2, 0.25) is 0 Å². The van der Waals surface area contributed by atoms with E-state index >= 15 is 0 Å².